The molecule has 0 spiro atoms. The quantitative estimate of drug-likeness (QED) is 0.888. The molecule has 1 aromatic heterocycles. The summed E-state index contributed by atoms with van der Waals surface area (Å²) in [5, 5.41) is 9.74. The molecular weight excluding hydrogens is 266 g/mol. The fourth-order valence-corrected chi connectivity index (χ4v) is 2.21. The maximum absolute atomic E-state index is 11.9. The SMILES string of the molecule is Cc1cc(C)cc(OCCC(=O)Nc2c(C)n[nH]c2C)c1. The van der Waals surface area contributed by atoms with Gasteiger partial charge in [0.1, 0.15) is 5.75 Å². The molecular formula is C16H21N3O2. The summed E-state index contributed by atoms with van der Waals surface area (Å²) in [6.45, 7) is 8.13. The van der Waals surface area contributed by atoms with E-state index in [1.54, 1.807) is 0 Å². The summed E-state index contributed by atoms with van der Waals surface area (Å²) in [7, 11) is 0. The van der Waals surface area contributed by atoms with Gasteiger partial charge in [-0.15, -0.1) is 0 Å². The van der Waals surface area contributed by atoms with Crippen molar-refractivity contribution >= 4 is 11.6 Å². The lowest BCUT2D eigenvalue weighted by Gasteiger charge is -2.09. The van der Waals surface area contributed by atoms with Gasteiger partial charge in [-0.25, -0.2) is 0 Å². The van der Waals surface area contributed by atoms with Crippen LogP contribution >= 0.6 is 0 Å². The first-order valence-electron chi connectivity index (χ1n) is 6.98. The third kappa shape index (κ3) is 4.08. The minimum absolute atomic E-state index is 0.0769. The summed E-state index contributed by atoms with van der Waals surface area (Å²) in [6, 6.07) is 6.02. The van der Waals surface area contributed by atoms with Crippen LogP contribution in [0.1, 0.15) is 28.9 Å². The average Bonchev–Trinajstić information content (AvgIpc) is 2.69. The molecule has 0 atom stereocenters. The lowest BCUT2D eigenvalue weighted by molar-refractivity contribution is -0.116. The third-order valence-electron chi connectivity index (χ3n) is 3.19. The molecule has 2 aromatic rings. The van der Waals surface area contributed by atoms with Crippen molar-refractivity contribution < 1.29 is 9.53 Å². The first-order valence-corrected chi connectivity index (χ1v) is 6.98. The number of ether oxygens (including phenoxy) is 1. The average molecular weight is 287 g/mol. The smallest absolute Gasteiger partial charge is 0.227 e. The first-order chi connectivity index (χ1) is 9.95. The van der Waals surface area contributed by atoms with Gasteiger partial charge < -0.3 is 10.1 Å². The van der Waals surface area contributed by atoms with Gasteiger partial charge in [-0.1, -0.05) is 6.07 Å². The van der Waals surface area contributed by atoms with Gasteiger partial charge in [-0.3, -0.25) is 9.89 Å². The van der Waals surface area contributed by atoms with Crippen molar-refractivity contribution in [1.82, 2.24) is 10.2 Å². The number of hydrogen-bond donors (Lipinski definition) is 2. The summed E-state index contributed by atoms with van der Waals surface area (Å²) in [6.07, 6.45) is 0.303. The van der Waals surface area contributed by atoms with E-state index in [9.17, 15) is 4.79 Å². The Morgan fingerprint density at radius 1 is 1.19 bits per heavy atom. The molecule has 0 aliphatic rings. The number of aromatic nitrogens is 2. The van der Waals surface area contributed by atoms with Gasteiger partial charge in [0.05, 0.1) is 30.1 Å². The number of nitrogens with zero attached hydrogens (tertiary/aromatic N) is 1. The van der Waals surface area contributed by atoms with E-state index in [-0.39, 0.29) is 5.91 Å². The molecule has 0 saturated carbocycles. The van der Waals surface area contributed by atoms with Gasteiger partial charge >= 0.3 is 0 Å². The summed E-state index contributed by atoms with van der Waals surface area (Å²) < 4.78 is 5.63. The highest BCUT2D eigenvalue weighted by Crippen LogP contribution is 2.18. The first kappa shape index (κ1) is 15.1. The van der Waals surface area contributed by atoms with Crippen molar-refractivity contribution in [3.05, 3.63) is 40.7 Å². The van der Waals surface area contributed by atoms with Crippen molar-refractivity contribution in [2.75, 3.05) is 11.9 Å². The molecule has 0 aliphatic heterocycles. The van der Waals surface area contributed by atoms with Gasteiger partial charge in [0.15, 0.2) is 0 Å². The van der Waals surface area contributed by atoms with Crippen LogP contribution in [0.5, 0.6) is 5.75 Å². The zero-order valence-corrected chi connectivity index (χ0v) is 12.9. The monoisotopic (exact) mass is 287 g/mol. The second-order valence-corrected chi connectivity index (χ2v) is 5.28. The van der Waals surface area contributed by atoms with Crippen LogP contribution < -0.4 is 10.1 Å². The van der Waals surface area contributed by atoms with Crippen LogP contribution in [0.15, 0.2) is 18.2 Å². The molecule has 0 bridgehead atoms. The highest BCUT2D eigenvalue weighted by molar-refractivity contribution is 5.91. The van der Waals surface area contributed by atoms with Gasteiger partial charge in [0, 0.05) is 0 Å². The molecule has 5 nitrogen and oxygen atoms in total. The number of anilines is 1. The number of benzene rings is 1. The Labute approximate surface area is 124 Å². The summed E-state index contributed by atoms with van der Waals surface area (Å²) in [4.78, 5) is 11.9. The fourth-order valence-electron chi connectivity index (χ4n) is 2.21. The summed E-state index contributed by atoms with van der Waals surface area (Å²) in [5.74, 6) is 0.725. The number of carbonyl (C=O) groups excluding carboxylic acids is 1. The molecule has 2 rings (SSSR count). The van der Waals surface area contributed by atoms with E-state index in [0.717, 1.165) is 34.0 Å². The maximum Gasteiger partial charge on any atom is 0.227 e. The van der Waals surface area contributed by atoms with Gasteiger partial charge in [0.25, 0.3) is 0 Å². The Morgan fingerprint density at radius 2 is 1.86 bits per heavy atom. The van der Waals surface area contributed by atoms with E-state index in [1.165, 1.54) is 0 Å². The predicted octanol–water partition coefficient (Wildman–Crippen LogP) is 3.05. The topological polar surface area (TPSA) is 67.0 Å². The summed E-state index contributed by atoms with van der Waals surface area (Å²) >= 11 is 0. The number of nitrogens with one attached hydrogen (secondary N) is 2. The minimum atomic E-state index is -0.0769. The fraction of sp³-hybridized carbons (Fsp3) is 0.375. The maximum atomic E-state index is 11.9. The standard InChI is InChI=1S/C16H21N3O2/c1-10-7-11(2)9-14(8-10)21-6-5-15(20)17-16-12(3)18-19-13(16)4/h7-9H,5-6H2,1-4H3,(H,17,20)(H,18,19). The molecule has 5 heteroatoms. The Morgan fingerprint density at radius 3 is 2.43 bits per heavy atom. The normalized spacial score (nSPS) is 10.5. The molecule has 0 aliphatic carbocycles. The van der Waals surface area contributed by atoms with E-state index < -0.39 is 0 Å². The molecule has 1 heterocycles. The van der Waals surface area contributed by atoms with E-state index in [0.29, 0.717) is 13.0 Å². The van der Waals surface area contributed by atoms with Crippen molar-refractivity contribution in [3.8, 4) is 5.75 Å². The Balaban J connectivity index is 1.84. The zero-order chi connectivity index (χ0) is 15.4. The van der Waals surface area contributed by atoms with Crippen LogP contribution in [-0.2, 0) is 4.79 Å². The number of carbonyl (C=O) groups is 1. The number of aryl methyl sites for hydroxylation is 4. The third-order valence-corrected chi connectivity index (χ3v) is 3.19. The Kier molecular flexibility index (Phi) is 4.62. The van der Waals surface area contributed by atoms with E-state index in [1.807, 2.05) is 39.8 Å². The highest BCUT2D eigenvalue weighted by atomic mass is 16.5. The Bertz CT molecular complexity index is 607. The van der Waals surface area contributed by atoms with Crippen LogP contribution in [0, 0.1) is 27.7 Å². The zero-order valence-electron chi connectivity index (χ0n) is 12.9. The van der Waals surface area contributed by atoms with Crippen molar-refractivity contribution in [3.63, 3.8) is 0 Å². The van der Waals surface area contributed by atoms with Crippen LogP contribution in [0.2, 0.25) is 0 Å². The van der Waals surface area contributed by atoms with Crippen molar-refractivity contribution in [1.29, 1.82) is 0 Å². The van der Waals surface area contributed by atoms with Crippen molar-refractivity contribution in [2.24, 2.45) is 0 Å². The number of amides is 1. The number of H-pyrrole nitrogens is 1. The van der Waals surface area contributed by atoms with E-state index in [2.05, 4.69) is 21.6 Å². The van der Waals surface area contributed by atoms with Crippen molar-refractivity contribution in [2.45, 2.75) is 34.1 Å². The molecule has 2 N–H and O–H groups in total. The van der Waals surface area contributed by atoms with Gasteiger partial charge in [0.2, 0.25) is 5.91 Å². The molecule has 0 unspecified atom stereocenters. The van der Waals surface area contributed by atoms with Crippen LogP contribution in [0.4, 0.5) is 5.69 Å². The molecule has 0 fully saturated rings. The van der Waals surface area contributed by atoms with Gasteiger partial charge in [-0.2, -0.15) is 5.10 Å². The van der Waals surface area contributed by atoms with Crippen LogP contribution in [-0.4, -0.2) is 22.7 Å². The number of aromatic amines is 1. The molecule has 21 heavy (non-hydrogen) atoms. The van der Waals surface area contributed by atoms with E-state index in [4.69, 9.17) is 4.74 Å². The van der Waals surface area contributed by atoms with Crippen LogP contribution in [0.3, 0.4) is 0 Å². The lowest BCUT2D eigenvalue weighted by atomic mass is 10.1. The highest BCUT2D eigenvalue weighted by Gasteiger charge is 2.10. The number of hydrogen-bond acceptors (Lipinski definition) is 3. The second-order valence-electron chi connectivity index (χ2n) is 5.28. The second kappa shape index (κ2) is 6.43. The minimum Gasteiger partial charge on any atom is -0.493 e. The van der Waals surface area contributed by atoms with E-state index >= 15 is 0 Å². The predicted molar refractivity (Wildman–Crippen MR) is 82.7 cm³/mol. The molecule has 112 valence electrons. The van der Waals surface area contributed by atoms with Crippen LogP contribution in [0.25, 0.3) is 0 Å². The molecule has 1 aromatic carbocycles. The van der Waals surface area contributed by atoms with Gasteiger partial charge in [-0.05, 0) is 51.0 Å². The number of rotatable bonds is 5. The molecule has 1 amide bonds. The lowest BCUT2D eigenvalue weighted by Crippen LogP contribution is -2.16. The molecule has 0 radical (unpaired) electrons. The molecule has 0 saturated heterocycles. The largest absolute Gasteiger partial charge is 0.493 e. The Hall–Kier alpha value is -2.30. The summed E-state index contributed by atoms with van der Waals surface area (Å²) in [5.41, 5.74) is 4.71.